The lowest BCUT2D eigenvalue weighted by atomic mass is 10.1. The molecule has 1 aliphatic rings. The average molecular weight is 318 g/mol. The Bertz CT molecular complexity index is 685. The number of hydrogen-bond acceptors (Lipinski definition) is 5. The van der Waals surface area contributed by atoms with E-state index in [1.807, 2.05) is 6.07 Å². The predicted octanol–water partition coefficient (Wildman–Crippen LogP) is 1.96. The molecule has 3 heterocycles. The van der Waals surface area contributed by atoms with Crippen LogP contribution in [0.4, 0.5) is 0 Å². The molecule has 2 aromatic heterocycles. The number of amides is 1. The SMILES string of the molecule is N#Cc1cnn(CCNC(=O)[C@@H]2SCCc3sccc32)c1. The van der Waals surface area contributed by atoms with Gasteiger partial charge in [0.2, 0.25) is 5.91 Å². The molecule has 1 amide bonds. The molecule has 0 aliphatic carbocycles. The molecule has 3 rings (SSSR count). The summed E-state index contributed by atoms with van der Waals surface area (Å²) in [7, 11) is 0. The fourth-order valence-corrected chi connectivity index (χ4v) is 4.61. The van der Waals surface area contributed by atoms with Gasteiger partial charge in [0.05, 0.1) is 18.3 Å². The summed E-state index contributed by atoms with van der Waals surface area (Å²) in [5.41, 5.74) is 1.70. The maximum Gasteiger partial charge on any atom is 0.237 e. The van der Waals surface area contributed by atoms with Gasteiger partial charge in [-0.2, -0.15) is 10.4 Å². The minimum absolute atomic E-state index is 0.0620. The van der Waals surface area contributed by atoms with Crippen LogP contribution in [-0.4, -0.2) is 28.0 Å². The highest BCUT2D eigenvalue weighted by molar-refractivity contribution is 8.00. The summed E-state index contributed by atoms with van der Waals surface area (Å²) in [6, 6.07) is 4.09. The number of nitrogens with zero attached hydrogens (tertiary/aromatic N) is 3. The number of carbonyl (C=O) groups excluding carboxylic acids is 1. The van der Waals surface area contributed by atoms with Gasteiger partial charge in [-0.25, -0.2) is 0 Å². The van der Waals surface area contributed by atoms with Crippen molar-refractivity contribution in [2.24, 2.45) is 0 Å². The summed E-state index contributed by atoms with van der Waals surface area (Å²) in [5, 5.41) is 17.7. The van der Waals surface area contributed by atoms with Crippen molar-refractivity contribution in [3.63, 3.8) is 0 Å². The summed E-state index contributed by atoms with van der Waals surface area (Å²) >= 11 is 3.44. The Hall–Kier alpha value is -1.78. The van der Waals surface area contributed by atoms with E-state index in [0.717, 1.165) is 12.2 Å². The largest absolute Gasteiger partial charge is 0.353 e. The zero-order valence-electron chi connectivity index (χ0n) is 11.3. The van der Waals surface area contributed by atoms with Crippen molar-refractivity contribution in [3.05, 3.63) is 39.8 Å². The summed E-state index contributed by atoms with van der Waals surface area (Å²) < 4.78 is 1.67. The number of fused-ring (bicyclic) bond motifs is 1. The number of aryl methyl sites for hydroxylation is 1. The summed E-state index contributed by atoms with van der Waals surface area (Å²) in [6.07, 6.45) is 4.26. The first-order valence-corrected chi connectivity index (χ1v) is 8.59. The third-order valence-electron chi connectivity index (χ3n) is 3.32. The van der Waals surface area contributed by atoms with Crippen LogP contribution < -0.4 is 5.32 Å². The molecule has 0 unspecified atom stereocenters. The minimum Gasteiger partial charge on any atom is -0.353 e. The number of aromatic nitrogens is 2. The highest BCUT2D eigenvalue weighted by Crippen LogP contribution is 2.39. The van der Waals surface area contributed by atoms with E-state index in [-0.39, 0.29) is 11.2 Å². The topological polar surface area (TPSA) is 70.7 Å². The zero-order valence-corrected chi connectivity index (χ0v) is 12.9. The van der Waals surface area contributed by atoms with Crippen LogP contribution in [0.1, 0.15) is 21.3 Å². The van der Waals surface area contributed by atoms with Crippen LogP contribution in [0.15, 0.2) is 23.8 Å². The molecule has 0 spiro atoms. The Morgan fingerprint density at radius 2 is 2.52 bits per heavy atom. The zero-order chi connectivity index (χ0) is 14.7. The number of thioether (sulfide) groups is 1. The maximum absolute atomic E-state index is 12.3. The van der Waals surface area contributed by atoms with Gasteiger partial charge in [-0.05, 0) is 29.2 Å². The van der Waals surface area contributed by atoms with Gasteiger partial charge >= 0.3 is 0 Å². The molecule has 0 fully saturated rings. The molecule has 0 radical (unpaired) electrons. The first-order chi connectivity index (χ1) is 10.3. The molecule has 2 aromatic rings. The molecule has 5 nitrogen and oxygen atoms in total. The molecule has 1 N–H and O–H groups in total. The lowest BCUT2D eigenvalue weighted by molar-refractivity contribution is -0.120. The van der Waals surface area contributed by atoms with Crippen molar-refractivity contribution >= 4 is 29.0 Å². The molecule has 21 heavy (non-hydrogen) atoms. The highest BCUT2D eigenvalue weighted by Gasteiger charge is 2.27. The average Bonchev–Trinajstić information content (AvgIpc) is 3.15. The van der Waals surface area contributed by atoms with Crippen LogP contribution in [0.3, 0.4) is 0 Å². The van der Waals surface area contributed by atoms with E-state index in [2.05, 4.69) is 21.9 Å². The van der Waals surface area contributed by atoms with Crippen molar-refractivity contribution < 1.29 is 4.79 Å². The van der Waals surface area contributed by atoms with E-state index in [9.17, 15) is 4.79 Å². The summed E-state index contributed by atoms with van der Waals surface area (Å²) in [6.45, 7) is 1.09. The van der Waals surface area contributed by atoms with Crippen molar-refractivity contribution in [2.45, 2.75) is 18.2 Å². The Balaban J connectivity index is 1.55. The second kappa shape index (κ2) is 6.33. The number of nitriles is 1. The number of carbonyl (C=O) groups is 1. The molecule has 108 valence electrons. The van der Waals surface area contributed by atoms with E-state index in [0.29, 0.717) is 18.7 Å². The fourth-order valence-electron chi connectivity index (χ4n) is 2.29. The van der Waals surface area contributed by atoms with Crippen LogP contribution in [0.25, 0.3) is 0 Å². The molecule has 1 atom stereocenters. The Morgan fingerprint density at radius 1 is 1.62 bits per heavy atom. The standard InChI is InChI=1S/C14H14N4OS2/c15-7-10-8-17-18(9-10)4-3-16-14(19)13-11-1-5-20-12(11)2-6-21-13/h1,5,8-9,13H,2-4,6H2,(H,16,19)/t13-/m1/s1. The third kappa shape index (κ3) is 3.12. The molecule has 0 bridgehead atoms. The number of thiophene rings is 1. The van der Waals surface area contributed by atoms with Crippen molar-refractivity contribution in [1.29, 1.82) is 5.26 Å². The van der Waals surface area contributed by atoms with Crippen molar-refractivity contribution in [3.8, 4) is 6.07 Å². The third-order valence-corrected chi connectivity index (χ3v) is 5.55. The lowest BCUT2D eigenvalue weighted by Crippen LogP contribution is -2.32. The second-order valence-electron chi connectivity index (χ2n) is 4.69. The molecule has 7 heteroatoms. The number of hydrogen-bond donors (Lipinski definition) is 1. The first-order valence-electron chi connectivity index (χ1n) is 6.66. The van der Waals surface area contributed by atoms with Gasteiger partial charge in [-0.3, -0.25) is 9.48 Å². The smallest absolute Gasteiger partial charge is 0.237 e. The van der Waals surface area contributed by atoms with E-state index in [1.165, 1.54) is 16.6 Å². The Labute approximate surface area is 131 Å². The summed E-state index contributed by atoms with van der Waals surface area (Å²) in [4.78, 5) is 13.6. The monoisotopic (exact) mass is 318 g/mol. The first kappa shape index (κ1) is 14.2. The fraction of sp³-hybridized carbons (Fsp3) is 0.357. The molecular weight excluding hydrogens is 304 g/mol. The van der Waals surface area contributed by atoms with Crippen LogP contribution in [0.5, 0.6) is 0 Å². The van der Waals surface area contributed by atoms with Gasteiger partial charge in [0.1, 0.15) is 11.3 Å². The van der Waals surface area contributed by atoms with Crippen molar-refractivity contribution in [2.75, 3.05) is 12.3 Å². The second-order valence-corrected chi connectivity index (χ2v) is 6.91. The molecule has 1 aliphatic heterocycles. The van der Waals surface area contributed by atoms with E-state index in [4.69, 9.17) is 5.26 Å². The van der Waals surface area contributed by atoms with Gasteiger partial charge in [-0.1, -0.05) is 0 Å². The number of nitrogens with one attached hydrogen (secondary N) is 1. The molecule has 0 aromatic carbocycles. The van der Waals surface area contributed by atoms with Crippen molar-refractivity contribution in [1.82, 2.24) is 15.1 Å². The maximum atomic E-state index is 12.3. The van der Waals surface area contributed by atoms with E-state index in [1.54, 1.807) is 34.0 Å². The summed E-state index contributed by atoms with van der Waals surface area (Å²) in [5.74, 6) is 1.06. The van der Waals surface area contributed by atoms with Crippen LogP contribution >= 0.6 is 23.1 Å². The molecule has 0 saturated heterocycles. The van der Waals surface area contributed by atoms with Gasteiger partial charge < -0.3 is 5.32 Å². The molecule has 0 saturated carbocycles. The molecular formula is C14H14N4OS2. The van der Waals surface area contributed by atoms with E-state index < -0.39 is 0 Å². The van der Waals surface area contributed by atoms with Crippen LogP contribution in [-0.2, 0) is 17.8 Å². The quantitative estimate of drug-likeness (QED) is 0.935. The normalized spacial score (nSPS) is 17.0. The van der Waals surface area contributed by atoms with E-state index >= 15 is 0 Å². The lowest BCUT2D eigenvalue weighted by Gasteiger charge is -2.21. The van der Waals surface area contributed by atoms with Gasteiger partial charge in [0.25, 0.3) is 0 Å². The van der Waals surface area contributed by atoms with Gasteiger partial charge in [0.15, 0.2) is 0 Å². The Morgan fingerprint density at radius 3 is 3.33 bits per heavy atom. The minimum atomic E-state index is -0.0905. The Kier molecular flexibility index (Phi) is 4.27. The number of rotatable bonds is 4. The van der Waals surface area contributed by atoms with Gasteiger partial charge in [0, 0.05) is 17.6 Å². The van der Waals surface area contributed by atoms with Crippen LogP contribution in [0, 0.1) is 11.3 Å². The van der Waals surface area contributed by atoms with Gasteiger partial charge in [-0.15, -0.1) is 23.1 Å². The highest BCUT2D eigenvalue weighted by atomic mass is 32.2. The predicted molar refractivity (Wildman–Crippen MR) is 83.2 cm³/mol. The van der Waals surface area contributed by atoms with Crippen LogP contribution in [0.2, 0.25) is 0 Å².